The van der Waals surface area contributed by atoms with Crippen molar-refractivity contribution in [2.24, 2.45) is 0 Å². The summed E-state index contributed by atoms with van der Waals surface area (Å²) in [5, 5.41) is 10.1. The fourth-order valence-electron chi connectivity index (χ4n) is 7.26. The quantitative estimate of drug-likeness (QED) is 0.188. The molecule has 0 atom stereocenters. The highest BCUT2D eigenvalue weighted by Crippen LogP contribution is 2.48. The van der Waals surface area contributed by atoms with Gasteiger partial charge in [-0.2, -0.15) is 0 Å². The van der Waals surface area contributed by atoms with E-state index in [4.69, 9.17) is 9.97 Å². The lowest BCUT2D eigenvalue weighted by atomic mass is 9.96. The van der Waals surface area contributed by atoms with Crippen LogP contribution in [0.2, 0.25) is 0 Å². The molecule has 0 aliphatic carbocycles. The van der Waals surface area contributed by atoms with E-state index in [9.17, 15) is 0 Å². The Morgan fingerprint density at radius 3 is 1.85 bits per heavy atom. The van der Waals surface area contributed by atoms with E-state index < -0.39 is 0 Å². The molecule has 10 rings (SSSR count). The van der Waals surface area contributed by atoms with Gasteiger partial charge >= 0.3 is 0 Å². The van der Waals surface area contributed by atoms with Gasteiger partial charge in [0, 0.05) is 47.5 Å². The third-order valence-electron chi connectivity index (χ3n) is 9.23. The Hall–Kier alpha value is -5.84. The summed E-state index contributed by atoms with van der Waals surface area (Å²) in [6.45, 7) is 0. The molecule has 7 aromatic carbocycles. The normalized spacial score (nSPS) is 11.9. The van der Waals surface area contributed by atoms with Gasteiger partial charge in [-0.05, 0) is 28.3 Å². The summed E-state index contributed by atoms with van der Waals surface area (Å²) in [5.74, 6) is 0.714. The predicted molar refractivity (Wildman–Crippen MR) is 195 cm³/mol. The van der Waals surface area contributed by atoms with Crippen molar-refractivity contribution >= 4 is 74.9 Å². The average molecular weight is 604 g/mol. The van der Waals surface area contributed by atoms with Crippen molar-refractivity contribution in [1.29, 1.82) is 0 Å². The second-order valence-electron chi connectivity index (χ2n) is 11.7. The van der Waals surface area contributed by atoms with Crippen molar-refractivity contribution in [2.75, 3.05) is 0 Å². The molecule has 46 heavy (non-hydrogen) atoms. The van der Waals surface area contributed by atoms with Crippen LogP contribution < -0.4 is 0 Å². The Bertz CT molecular complexity index is 2790. The first kappa shape index (κ1) is 25.5. The van der Waals surface area contributed by atoms with E-state index in [1.807, 2.05) is 35.7 Å². The van der Waals surface area contributed by atoms with Crippen LogP contribution in [0.5, 0.6) is 0 Å². The van der Waals surface area contributed by atoms with Crippen molar-refractivity contribution in [2.45, 2.75) is 0 Å². The molecule has 0 saturated heterocycles. The van der Waals surface area contributed by atoms with Gasteiger partial charge in [0.15, 0.2) is 5.82 Å². The Balaban J connectivity index is 1.45. The number of nitrogens with zero attached hydrogens (tertiary/aromatic N) is 3. The Morgan fingerprint density at radius 2 is 1.09 bits per heavy atom. The molecular formula is C42H25N3S. The first-order chi connectivity index (χ1) is 22.8. The second kappa shape index (κ2) is 9.83. The van der Waals surface area contributed by atoms with E-state index in [0.29, 0.717) is 5.82 Å². The van der Waals surface area contributed by atoms with E-state index in [2.05, 4.69) is 132 Å². The zero-order valence-electron chi connectivity index (χ0n) is 24.7. The lowest BCUT2D eigenvalue weighted by Crippen LogP contribution is -2.03. The highest BCUT2D eigenvalue weighted by atomic mass is 32.1. The van der Waals surface area contributed by atoms with Crippen LogP contribution in [0.1, 0.15) is 0 Å². The number of aromatic nitrogens is 3. The van der Waals surface area contributed by atoms with Gasteiger partial charge in [-0.1, -0.05) is 133 Å². The molecular weight excluding hydrogens is 579 g/mol. The number of fused-ring (bicyclic) bond motifs is 12. The summed E-state index contributed by atoms with van der Waals surface area (Å²) < 4.78 is 5.04. The van der Waals surface area contributed by atoms with Crippen molar-refractivity contribution in [3.63, 3.8) is 0 Å². The van der Waals surface area contributed by atoms with Gasteiger partial charge in [0.2, 0.25) is 0 Å². The number of hydrogen-bond acceptors (Lipinski definition) is 3. The van der Waals surface area contributed by atoms with Crippen molar-refractivity contribution < 1.29 is 0 Å². The van der Waals surface area contributed by atoms with Gasteiger partial charge in [0.05, 0.1) is 28.6 Å². The van der Waals surface area contributed by atoms with Gasteiger partial charge in [0.25, 0.3) is 0 Å². The van der Waals surface area contributed by atoms with Gasteiger partial charge in [0.1, 0.15) is 0 Å². The largest absolute Gasteiger partial charge is 0.305 e. The van der Waals surface area contributed by atoms with Crippen LogP contribution in [0, 0.1) is 0 Å². The molecule has 10 aromatic rings. The SMILES string of the molecule is c1ccc(-c2ncc(-n3c4ccc5c6ccccc6sc5c4c4c5ccccc5c5ccccc5c43)c(-c3ccccc3)n2)cc1. The van der Waals surface area contributed by atoms with Gasteiger partial charge in [-0.15, -0.1) is 11.3 Å². The summed E-state index contributed by atoms with van der Waals surface area (Å²) >= 11 is 1.88. The van der Waals surface area contributed by atoms with E-state index >= 15 is 0 Å². The van der Waals surface area contributed by atoms with E-state index in [1.165, 1.54) is 58.0 Å². The van der Waals surface area contributed by atoms with E-state index in [1.54, 1.807) is 0 Å². The first-order valence-electron chi connectivity index (χ1n) is 15.5. The average Bonchev–Trinajstić information content (AvgIpc) is 3.69. The van der Waals surface area contributed by atoms with Crippen molar-refractivity contribution in [1.82, 2.24) is 14.5 Å². The Labute approximate surface area is 268 Å². The van der Waals surface area contributed by atoms with Gasteiger partial charge in [-0.3, -0.25) is 0 Å². The predicted octanol–water partition coefficient (Wildman–Crippen LogP) is 11.6. The number of hydrogen-bond donors (Lipinski definition) is 0. The molecule has 214 valence electrons. The minimum absolute atomic E-state index is 0.714. The molecule has 0 aliphatic rings. The molecule has 3 heterocycles. The summed E-state index contributed by atoms with van der Waals surface area (Å²) in [4.78, 5) is 10.3. The molecule has 0 saturated carbocycles. The topological polar surface area (TPSA) is 30.7 Å². The van der Waals surface area contributed by atoms with Crippen LogP contribution in [0.3, 0.4) is 0 Å². The second-order valence-corrected chi connectivity index (χ2v) is 12.8. The van der Waals surface area contributed by atoms with Crippen LogP contribution >= 0.6 is 11.3 Å². The number of thiophene rings is 1. The highest BCUT2D eigenvalue weighted by Gasteiger charge is 2.24. The lowest BCUT2D eigenvalue weighted by molar-refractivity contribution is 1.09. The zero-order chi connectivity index (χ0) is 30.2. The first-order valence-corrected chi connectivity index (χ1v) is 16.3. The van der Waals surface area contributed by atoms with E-state index in [-0.39, 0.29) is 0 Å². The minimum atomic E-state index is 0.714. The van der Waals surface area contributed by atoms with Crippen LogP contribution in [0.4, 0.5) is 0 Å². The Morgan fingerprint density at radius 1 is 0.478 bits per heavy atom. The van der Waals surface area contributed by atoms with Gasteiger partial charge < -0.3 is 4.57 Å². The monoisotopic (exact) mass is 603 g/mol. The molecule has 0 bridgehead atoms. The van der Waals surface area contributed by atoms with Crippen LogP contribution in [-0.2, 0) is 0 Å². The standard InChI is InChI=1S/C42H25N3S/c1-3-13-26(14-4-1)39-35(25-43-42(44-39)27-15-5-2-6-16-27)45-34-24-23-33-30-19-11-12-22-36(30)46-41(33)38(34)37-31-20-9-7-17-28(31)29-18-8-10-21-32(29)40(37)45/h1-25H. The van der Waals surface area contributed by atoms with Crippen LogP contribution in [-0.4, -0.2) is 14.5 Å². The molecule has 4 heteroatoms. The summed E-state index contributed by atoms with van der Waals surface area (Å²) in [7, 11) is 0. The molecule has 0 N–H and O–H groups in total. The fraction of sp³-hybridized carbons (Fsp3) is 0. The molecule has 0 aliphatic heterocycles. The van der Waals surface area contributed by atoms with E-state index in [0.717, 1.165) is 28.0 Å². The number of rotatable bonds is 3. The molecule has 0 radical (unpaired) electrons. The highest BCUT2D eigenvalue weighted by molar-refractivity contribution is 7.26. The smallest absolute Gasteiger partial charge is 0.159 e. The molecule has 3 nitrogen and oxygen atoms in total. The zero-order valence-corrected chi connectivity index (χ0v) is 25.5. The summed E-state index contributed by atoms with van der Waals surface area (Å²) in [6, 6.07) is 51.8. The van der Waals surface area contributed by atoms with Crippen molar-refractivity contribution in [3.05, 3.63) is 152 Å². The summed E-state index contributed by atoms with van der Waals surface area (Å²) in [5.41, 5.74) is 6.26. The van der Waals surface area contributed by atoms with Crippen LogP contribution in [0.15, 0.2) is 152 Å². The summed E-state index contributed by atoms with van der Waals surface area (Å²) in [6.07, 6.45) is 2.02. The molecule has 0 unspecified atom stereocenters. The molecule has 3 aromatic heterocycles. The molecule has 0 spiro atoms. The molecule has 0 fully saturated rings. The van der Waals surface area contributed by atoms with Crippen molar-refractivity contribution in [3.8, 4) is 28.3 Å². The maximum absolute atomic E-state index is 5.29. The third kappa shape index (κ3) is 3.59. The third-order valence-corrected chi connectivity index (χ3v) is 10.4. The minimum Gasteiger partial charge on any atom is -0.305 e. The molecule has 0 amide bonds. The fourth-order valence-corrected chi connectivity index (χ4v) is 8.51. The number of benzene rings is 7. The lowest BCUT2D eigenvalue weighted by Gasteiger charge is -2.16. The maximum atomic E-state index is 5.29. The van der Waals surface area contributed by atoms with Gasteiger partial charge in [-0.25, -0.2) is 9.97 Å². The maximum Gasteiger partial charge on any atom is 0.159 e. The van der Waals surface area contributed by atoms with Crippen LogP contribution in [0.25, 0.3) is 91.9 Å². The Kier molecular flexibility index (Phi) is 5.45.